The van der Waals surface area contributed by atoms with Gasteiger partial charge in [-0.3, -0.25) is 0 Å². The highest BCUT2D eigenvalue weighted by molar-refractivity contribution is 6.30. The molecule has 0 amide bonds. The number of hydrogen-bond acceptors (Lipinski definition) is 3. The average molecular weight is 242 g/mol. The first-order valence-corrected chi connectivity index (χ1v) is 5.65. The molecule has 0 fully saturated rings. The molecule has 1 unspecified atom stereocenters. The largest absolute Gasteiger partial charge is 0.467 e. The molecular weight excluding hydrogens is 226 g/mol. The van der Waals surface area contributed by atoms with E-state index in [0.29, 0.717) is 5.02 Å². The fourth-order valence-electron chi connectivity index (χ4n) is 1.46. The van der Waals surface area contributed by atoms with Crippen LogP contribution < -0.4 is 5.32 Å². The molecule has 3 nitrogen and oxygen atoms in total. The van der Waals surface area contributed by atoms with E-state index in [1.807, 2.05) is 19.1 Å². The van der Waals surface area contributed by atoms with Gasteiger partial charge in [-0.15, -0.1) is 0 Å². The highest BCUT2D eigenvalue weighted by Gasteiger charge is 2.17. The zero-order valence-corrected chi connectivity index (χ0v) is 10.3. The minimum Gasteiger partial charge on any atom is -0.467 e. The van der Waals surface area contributed by atoms with Crippen LogP contribution in [-0.4, -0.2) is 19.1 Å². The Bertz CT molecular complexity index is 355. The van der Waals surface area contributed by atoms with Gasteiger partial charge in [-0.25, -0.2) is 4.79 Å². The van der Waals surface area contributed by atoms with E-state index in [9.17, 15) is 4.79 Å². The molecule has 1 aromatic rings. The van der Waals surface area contributed by atoms with E-state index in [1.165, 1.54) is 7.11 Å². The molecule has 1 N–H and O–H groups in total. The summed E-state index contributed by atoms with van der Waals surface area (Å²) in [6.45, 7) is 2.02. The van der Waals surface area contributed by atoms with E-state index in [0.717, 1.165) is 18.5 Å². The molecule has 0 saturated carbocycles. The van der Waals surface area contributed by atoms with Crippen LogP contribution in [0.1, 0.15) is 19.8 Å². The summed E-state index contributed by atoms with van der Waals surface area (Å²) in [4.78, 5) is 11.5. The van der Waals surface area contributed by atoms with Crippen molar-refractivity contribution < 1.29 is 9.53 Å². The number of anilines is 1. The highest BCUT2D eigenvalue weighted by Crippen LogP contribution is 2.17. The Morgan fingerprint density at radius 2 is 2.31 bits per heavy atom. The van der Waals surface area contributed by atoms with Crippen LogP contribution in [0.25, 0.3) is 0 Å². The Hall–Kier alpha value is -1.22. The van der Waals surface area contributed by atoms with Crippen LogP contribution in [0.15, 0.2) is 24.3 Å². The van der Waals surface area contributed by atoms with E-state index in [4.69, 9.17) is 16.3 Å². The maximum absolute atomic E-state index is 11.5. The van der Waals surface area contributed by atoms with Crippen LogP contribution in [0.2, 0.25) is 5.02 Å². The molecule has 16 heavy (non-hydrogen) atoms. The van der Waals surface area contributed by atoms with E-state index >= 15 is 0 Å². The van der Waals surface area contributed by atoms with Crippen molar-refractivity contribution in [1.82, 2.24) is 0 Å². The number of carbonyl (C=O) groups excluding carboxylic acids is 1. The molecule has 0 bridgehead atoms. The normalized spacial score (nSPS) is 11.9. The lowest BCUT2D eigenvalue weighted by Gasteiger charge is -2.16. The van der Waals surface area contributed by atoms with Crippen molar-refractivity contribution in [3.63, 3.8) is 0 Å². The number of carbonyl (C=O) groups is 1. The lowest BCUT2D eigenvalue weighted by atomic mass is 10.1. The Labute approximate surface area is 101 Å². The second-order valence-electron chi connectivity index (χ2n) is 3.52. The first kappa shape index (κ1) is 12.8. The van der Waals surface area contributed by atoms with E-state index in [1.54, 1.807) is 12.1 Å². The number of esters is 1. The fourth-order valence-corrected chi connectivity index (χ4v) is 1.65. The second-order valence-corrected chi connectivity index (χ2v) is 3.96. The van der Waals surface area contributed by atoms with Gasteiger partial charge in [-0.2, -0.15) is 0 Å². The summed E-state index contributed by atoms with van der Waals surface area (Å²) in [5, 5.41) is 3.76. The summed E-state index contributed by atoms with van der Waals surface area (Å²) >= 11 is 5.86. The molecule has 0 aliphatic carbocycles. The van der Waals surface area contributed by atoms with Crippen LogP contribution in [0, 0.1) is 0 Å². The predicted molar refractivity (Wildman–Crippen MR) is 65.8 cm³/mol. The molecular formula is C12H16ClNO2. The number of nitrogens with one attached hydrogen (secondary N) is 1. The summed E-state index contributed by atoms with van der Waals surface area (Å²) < 4.78 is 4.73. The van der Waals surface area contributed by atoms with Crippen molar-refractivity contribution in [1.29, 1.82) is 0 Å². The molecule has 4 heteroatoms. The standard InChI is InChI=1S/C12H16ClNO2/c1-3-5-11(12(15)16-2)14-10-7-4-6-9(13)8-10/h4,6-8,11,14H,3,5H2,1-2H3. The van der Waals surface area contributed by atoms with Crippen molar-refractivity contribution >= 4 is 23.3 Å². The highest BCUT2D eigenvalue weighted by atomic mass is 35.5. The van der Waals surface area contributed by atoms with Gasteiger partial charge in [0.05, 0.1) is 7.11 Å². The van der Waals surface area contributed by atoms with Gasteiger partial charge in [0, 0.05) is 10.7 Å². The molecule has 1 atom stereocenters. The van der Waals surface area contributed by atoms with Gasteiger partial charge in [0.1, 0.15) is 6.04 Å². The summed E-state index contributed by atoms with van der Waals surface area (Å²) in [6, 6.07) is 6.98. The van der Waals surface area contributed by atoms with Crippen LogP contribution in [-0.2, 0) is 9.53 Å². The number of benzene rings is 1. The summed E-state index contributed by atoms with van der Waals surface area (Å²) in [5.41, 5.74) is 0.830. The number of halogens is 1. The van der Waals surface area contributed by atoms with Gasteiger partial charge in [0.15, 0.2) is 0 Å². The molecule has 0 aliphatic rings. The van der Waals surface area contributed by atoms with Crippen molar-refractivity contribution in [3.8, 4) is 0 Å². The zero-order valence-electron chi connectivity index (χ0n) is 9.50. The van der Waals surface area contributed by atoms with E-state index in [-0.39, 0.29) is 12.0 Å². The topological polar surface area (TPSA) is 38.3 Å². The van der Waals surface area contributed by atoms with Gasteiger partial charge in [-0.1, -0.05) is 31.0 Å². The van der Waals surface area contributed by atoms with E-state index < -0.39 is 0 Å². The van der Waals surface area contributed by atoms with Crippen LogP contribution in [0.4, 0.5) is 5.69 Å². The fraction of sp³-hybridized carbons (Fsp3) is 0.417. The first-order chi connectivity index (χ1) is 7.67. The molecule has 88 valence electrons. The number of hydrogen-bond donors (Lipinski definition) is 1. The molecule has 1 rings (SSSR count). The van der Waals surface area contributed by atoms with Gasteiger partial charge in [0.25, 0.3) is 0 Å². The summed E-state index contributed by atoms with van der Waals surface area (Å²) in [6.07, 6.45) is 1.65. The van der Waals surface area contributed by atoms with Crippen molar-refractivity contribution in [2.75, 3.05) is 12.4 Å². The van der Waals surface area contributed by atoms with Crippen LogP contribution in [0.5, 0.6) is 0 Å². The summed E-state index contributed by atoms with van der Waals surface area (Å²) in [7, 11) is 1.39. The number of methoxy groups -OCH3 is 1. The van der Waals surface area contributed by atoms with Crippen LogP contribution >= 0.6 is 11.6 Å². The molecule has 0 spiro atoms. The Morgan fingerprint density at radius 1 is 1.56 bits per heavy atom. The molecule has 0 aromatic heterocycles. The third kappa shape index (κ3) is 3.74. The number of rotatable bonds is 5. The third-order valence-corrected chi connectivity index (χ3v) is 2.46. The minimum absolute atomic E-state index is 0.248. The van der Waals surface area contributed by atoms with E-state index in [2.05, 4.69) is 5.32 Å². The van der Waals surface area contributed by atoms with Gasteiger partial charge < -0.3 is 10.1 Å². The lowest BCUT2D eigenvalue weighted by molar-refractivity contribution is -0.141. The zero-order chi connectivity index (χ0) is 12.0. The SMILES string of the molecule is CCCC(Nc1cccc(Cl)c1)C(=O)OC. The maximum Gasteiger partial charge on any atom is 0.328 e. The molecule has 0 saturated heterocycles. The monoisotopic (exact) mass is 241 g/mol. The van der Waals surface area contributed by atoms with Crippen LogP contribution in [0.3, 0.4) is 0 Å². The molecule has 0 radical (unpaired) electrons. The molecule has 1 aromatic carbocycles. The van der Waals surface area contributed by atoms with Crippen molar-refractivity contribution in [3.05, 3.63) is 29.3 Å². The van der Waals surface area contributed by atoms with Crippen molar-refractivity contribution in [2.45, 2.75) is 25.8 Å². The molecule has 0 heterocycles. The van der Waals surface area contributed by atoms with Crippen molar-refractivity contribution in [2.24, 2.45) is 0 Å². The summed E-state index contributed by atoms with van der Waals surface area (Å²) in [5.74, 6) is -0.248. The Morgan fingerprint density at radius 3 is 2.88 bits per heavy atom. The maximum atomic E-state index is 11.5. The Kier molecular flexibility index (Phi) is 5.12. The minimum atomic E-state index is -0.312. The third-order valence-electron chi connectivity index (χ3n) is 2.23. The van der Waals surface area contributed by atoms with Gasteiger partial charge >= 0.3 is 5.97 Å². The van der Waals surface area contributed by atoms with Gasteiger partial charge in [-0.05, 0) is 24.6 Å². The number of ether oxygens (including phenoxy) is 1. The smallest absolute Gasteiger partial charge is 0.328 e. The average Bonchev–Trinajstić information content (AvgIpc) is 2.27. The predicted octanol–water partition coefficient (Wildman–Crippen LogP) is 3.09. The lowest BCUT2D eigenvalue weighted by Crippen LogP contribution is -2.30. The first-order valence-electron chi connectivity index (χ1n) is 5.27. The molecule has 0 aliphatic heterocycles. The quantitative estimate of drug-likeness (QED) is 0.805. The second kappa shape index (κ2) is 6.38. The Balaban J connectivity index is 2.71. The van der Waals surface area contributed by atoms with Gasteiger partial charge in [0.2, 0.25) is 0 Å².